The number of aromatic nitrogens is 5. The normalized spacial score (nSPS) is 15.6. The molecule has 37 heavy (non-hydrogen) atoms. The highest BCUT2D eigenvalue weighted by Crippen LogP contribution is 2.33. The van der Waals surface area contributed by atoms with Gasteiger partial charge in [-0.1, -0.05) is 6.92 Å². The molecule has 0 bridgehead atoms. The third-order valence-electron chi connectivity index (χ3n) is 6.64. The van der Waals surface area contributed by atoms with E-state index in [-0.39, 0.29) is 6.23 Å². The number of nitrogens with zero attached hydrogens (tertiary/aromatic N) is 5. The van der Waals surface area contributed by atoms with E-state index in [1.54, 1.807) is 29.8 Å². The van der Waals surface area contributed by atoms with E-state index in [0.717, 1.165) is 60.0 Å². The van der Waals surface area contributed by atoms with Crippen molar-refractivity contribution >= 4 is 28.5 Å². The summed E-state index contributed by atoms with van der Waals surface area (Å²) in [6.45, 7) is 4.97. The van der Waals surface area contributed by atoms with Crippen molar-refractivity contribution in [2.75, 3.05) is 25.6 Å². The standard InChI is InChI=1S/C27H32N6O4/c1-5-18-20-16-28-33(24-9-7-8-14-37-24)22(20)13-12-21(18)29-27-30-25(31-32(27)3)17-10-11-19(23(15-17)35-4)26(34)36-6-2/h10-13,15-16,24H,5-9,14H2,1-4H3,(H,29,30,31). The van der Waals surface area contributed by atoms with Crippen LogP contribution in [0.25, 0.3) is 22.3 Å². The second-order valence-corrected chi connectivity index (χ2v) is 8.93. The highest BCUT2D eigenvalue weighted by molar-refractivity contribution is 5.93. The molecule has 1 fully saturated rings. The van der Waals surface area contributed by atoms with E-state index >= 15 is 0 Å². The molecule has 1 atom stereocenters. The molecular formula is C27H32N6O4. The van der Waals surface area contributed by atoms with Gasteiger partial charge in [0.15, 0.2) is 12.1 Å². The Kier molecular flexibility index (Phi) is 7.09. The van der Waals surface area contributed by atoms with Crippen LogP contribution in [0.5, 0.6) is 5.75 Å². The molecule has 2 aromatic carbocycles. The maximum Gasteiger partial charge on any atom is 0.341 e. The number of fused-ring (bicyclic) bond motifs is 1. The van der Waals surface area contributed by atoms with Crippen LogP contribution in [-0.4, -0.2) is 50.8 Å². The van der Waals surface area contributed by atoms with Gasteiger partial charge in [0.05, 0.1) is 25.4 Å². The van der Waals surface area contributed by atoms with Crippen molar-refractivity contribution in [3.63, 3.8) is 0 Å². The molecule has 0 radical (unpaired) electrons. The average Bonchev–Trinajstić information content (AvgIpc) is 3.52. The van der Waals surface area contributed by atoms with Gasteiger partial charge in [0, 0.05) is 30.3 Å². The molecule has 0 saturated carbocycles. The molecule has 1 N–H and O–H groups in total. The Bertz CT molecular complexity index is 1420. The minimum atomic E-state index is -0.428. The summed E-state index contributed by atoms with van der Waals surface area (Å²) >= 11 is 0. The molecule has 2 aromatic heterocycles. The lowest BCUT2D eigenvalue weighted by atomic mass is 10.1. The number of benzene rings is 2. The Morgan fingerprint density at radius 3 is 2.81 bits per heavy atom. The molecule has 1 aliphatic rings. The molecule has 10 nitrogen and oxygen atoms in total. The summed E-state index contributed by atoms with van der Waals surface area (Å²) in [4.78, 5) is 16.9. The Hall–Kier alpha value is -3.92. The molecule has 5 rings (SSSR count). The quantitative estimate of drug-likeness (QED) is 0.334. The Morgan fingerprint density at radius 2 is 2.08 bits per heavy atom. The van der Waals surface area contributed by atoms with E-state index < -0.39 is 5.97 Å². The first kappa shape index (κ1) is 24.8. The summed E-state index contributed by atoms with van der Waals surface area (Å²) in [7, 11) is 3.36. The fourth-order valence-electron chi connectivity index (χ4n) is 4.77. The van der Waals surface area contributed by atoms with E-state index in [4.69, 9.17) is 19.2 Å². The number of carbonyl (C=O) groups excluding carboxylic acids is 1. The first-order valence-corrected chi connectivity index (χ1v) is 12.7. The Balaban J connectivity index is 1.44. The van der Waals surface area contributed by atoms with Crippen molar-refractivity contribution in [1.29, 1.82) is 0 Å². The molecule has 0 aliphatic carbocycles. The maximum absolute atomic E-state index is 12.2. The highest BCUT2D eigenvalue weighted by Gasteiger charge is 2.21. The zero-order chi connectivity index (χ0) is 25.9. The first-order chi connectivity index (χ1) is 18.0. The number of methoxy groups -OCH3 is 1. The van der Waals surface area contributed by atoms with Crippen LogP contribution in [0.4, 0.5) is 11.6 Å². The van der Waals surface area contributed by atoms with Gasteiger partial charge in [-0.25, -0.2) is 14.2 Å². The molecule has 3 heterocycles. The molecule has 10 heteroatoms. The first-order valence-electron chi connectivity index (χ1n) is 12.7. The van der Waals surface area contributed by atoms with Crippen LogP contribution >= 0.6 is 0 Å². The van der Waals surface area contributed by atoms with Crippen LogP contribution in [0.3, 0.4) is 0 Å². The third kappa shape index (κ3) is 4.76. The zero-order valence-corrected chi connectivity index (χ0v) is 21.7. The molecule has 0 spiro atoms. The summed E-state index contributed by atoms with van der Waals surface area (Å²) < 4.78 is 20.2. The Morgan fingerprint density at radius 1 is 1.22 bits per heavy atom. The second kappa shape index (κ2) is 10.6. The number of carbonyl (C=O) groups is 1. The molecule has 1 saturated heterocycles. The summed E-state index contributed by atoms with van der Waals surface area (Å²) in [6.07, 6.45) is 5.98. The summed E-state index contributed by atoms with van der Waals surface area (Å²) in [5, 5.41) is 13.8. The third-order valence-corrected chi connectivity index (χ3v) is 6.64. The summed E-state index contributed by atoms with van der Waals surface area (Å²) in [5.41, 5.74) is 4.28. The SMILES string of the molecule is CCOC(=O)c1ccc(-c2nc(Nc3ccc4c(cnn4C4CCCCO4)c3CC)n(C)n2)cc1OC. The van der Waals surface area contributed by atoms with Crippen molar-refractivity contribution in [3.8, 4) is 17.1 Å². The van der Waals surface area contributed by atoms with Crippen LogP contribution < -0.4 is 10.1 Å². The van der Waals surface area contributed by atoms with Gasteiger partial charge in [-0.05, 0) is 68.5 Å². The monoisotopic (exact) mass is 504 g/mol. The number of anilines is 2. The van der Waals surface area contributed by atoms with Crippen molar-refractivity contribution in [2.45, 2.75) is 45.8 Å². The molecule has 194 valence electrons. The minimum Gasteiger partial charge on any atom is -0.496 e. The number of hydrogen-bond acceptors (Lipinski definition) is 8. The van der Waals surface area contributed by atoms with Gasteiger partial charge in [-0.15, -0.1) is 5.10 Å². The predicted molar refractivity (Wildman–Crippen MR) is 140 cm³/mol. The van der Waals surface area contributed by atoms with E-state index in [9.17, 15) is 4.79 Å². The van der Waals surface area contributed by atoms with Crippen LogP contribution in [-0.2, 0) is 22.9 Å². The van der Waals surface area contributed by atoms with E-state index in [2.05, 4.69) is 34.6 Å². The maximum atomic E-state index is 12.2. The van der Waals surface area contributed by atoms with Crippen molar-refractivity contribution in [3.05, 3.63) is 47.7 Å². The number of hydrogen-bond donors (Lipinski definition) is 1. The van der Waals surface area contributed by atoms with Gasteiger partial charge in [0.1, 0.15) is 11.3 Å². The van der Waals surface area contributed by atoms with Gasteiger partial charge in [0.2, 0.25) is 5.95 Å². The molecule has 4 aromatic rings. The lowest BCUT2D eigenvalue weighted by Gasteiger charge is -2.23. The number of rotatable bonds is 8. The highest BCUT2D eigenvalue weighted by atomic mass is 16.5. The van der Waals surface area contributed by atoms with E-state index in [1.807, 2.05) is 17.9 Å². The van der Waals surface area contributed by atoms with Gasteiger partial charge < -0.3 is 19.5 Å². The number of nitrogens with one attached hydrogen (secondary N) is 1. The number of esters is 1. The van der Waals surface area contributed by atoms with Gasteiger partial charge in [-0.3, -0.25) is 0 Å². The largest absolute Gasteiger partial charge is 0.496 e. The predicted octanol–water partition coefficient (Wildman–Crippen LogP) is 5.02. The van der Waals surface area contributed by atoms with Crippen LogP contribution in [0.2, 0.25) is 0 Å². The summed E-state index contributed by atoms with van der Waals surface area (Å²) in [5.74, 6) is 1.10. The van der Waals surface area contributed by atoms with Gasteiger partial charge in [0.25, 0.3) is 0 Å². The van der Waals surface area contributed by atoms with E-state index in [0.29, 0.717) is 29.7 Å². The molecular weight excluding hydrogens is 472 g/mol. The average molecular weight is 505 g/mol. The van der Waals surface area contributed by atoms with Crippen molar-refractivity contribution in [2.24, 2.45) is 7.05 Å². The molecule has 0 amide bonds. The fourth-order valence-corrected chi connectivity index (χ4v) is 4.77. The van der Waals surface area contributed by atoms with E-state index in [1.165, 1.54) is 7.11 Å². The van der Waals surface area contributed by atoms with Crippen molar-refractivity contribution in [1.82, 2.24) is 24.5 Å². The number of ether oxygens (including phenoxy) is 3. The van der Waals surface area contributed by atoms with Crippen LogP contribution in [0, 0.1) is 0 Å². The fraction of sp³-hybridized carbons (Fsp3) is 0.407. The smallest absolute Gasteiger partial charge is 0.341 e. The van der Waals surface area contributed by atoms with Crippen molar-refractivity contribution < 1.29 is 19.0 Å². The molecule has 1 unspecified atom stereocenters. The Labute approximate surface area is 215 Å². The zero-order valence-electron chi connectivity index (χ0n) is 21.7. The molecule has 1 aliphatic heterocycles. The van der Waals surface area contributed by atoms with Crippen LogP contribution in [0.15, 0.2) is 36.5 Å². The van der Waals surface area contributed by atoms with Gasteiger partial charge >= 0.3 is 5.97 Å². The van der Waals surface area contributed by atoms with Crippen LogP contribution in [0.1, 0.15) is 55.3 Å². The van der Waals surface area contributed by atoms with Gasteiger partial charge in [-0.2, -0.15) is 10.1 Å². The lowest BCUT2D eigenvalue weighted by Crippen LogP contribution is -2.19. The summed E-state index contributed by atoms with van der Waals surface area (Å²) in [6, 6.07) is 9.36. The topological polar surface area (TPSA) is 105 Å². The minimum absolute atomic E-state index is 0.0109. The second-order valence-electron chi connectivity index (χ2n) is 8.93. The lowest BCUT2D eigenvalue weighted by molar-refractivity contribution is -0.0366. The number of aryl methyl sites for hydroxylation is 2.